The molecular formula is C3H3N3. The van der Waals surface area contributed by atoms with Gasteiger partial charge in [0.15, 0.2) is 0 Å². The molecule has 0 N–H and O–H groups in total. The number of nitrogens with zero attached hydrogens (tertiary/aromatic N) is 3. The SMILES string of the molecule is [2H]c1nccnn1. The quantitative estimate of drug-likeness (QED) is 0.437. The monoisotopic (exact) mass is 82.0 g/mol. The second kappa shape index (κ2) is 1.45. The Kier molecular flexibility index (Phi) is 0.538. The van der Waals surface area contributed by atoms with Crippen LogP contribution >= 0.6 is 0 Å². The molecule has 0 aromatic carbocycles. The van der Waals surface area contributed by atoms with Gasteiger partial charge < -0.3 is 0 Å². The molecule has 6 heavy (non-hydrogen) atoms. The van der Waals surface area contributed by atoms with Crippen LogP contribution in [0, 0.1) is 0 Å². The molecule has 1 heterocycles. The van der Waals surface area contributed by atoms with E-state index in [0.717, 1.165) is 0 Å². The molecule has 0 bridgehead atoms. The molecule has 0 radical (unpaired) electrons. The van der Waals surface area contributed by atoms with Gasteiger partial charge in [0.2, 0.25) is 0 Å². The molecule has 0 saturated carbocycles. The van der Waals surface area contributed by atoms with Gasteiger partial charge in [0, 0.05) is 6.20 Å². The Balaban J connectivity index is 3.02. The lowest BCUT2D eigenvalue weighted by molar-refractivity contribution is 0.969. The van der Waals surface area contributed by atoms with Crippen molar-refractivity contribution in [1.29, 1.82) is 0 Å². The van der Waals surface area contributed by atoms with Crippen molar-refractivity contribution in [3.63, 3.8) is 0 Å². The number of rotatable bonds is 0. The maximum atomic E-state index is 6.71. The van der Waals surface area contributed by atoms with Crippen LogP contribution in [0.15, 0.2) is 18.7 Å². The zero-order valence-corrected chi connectivity index (χ0v) is 3.00. The van der Waals surface area contributed by atoms with Gasteiger partial charge in [-0.05, 0) is 0 Å². The summed E-state index contributed by atoms with van der Waals surface area (Å²) in [6, 6.07) is 0. The summed E-state index contributed by atoms with van der Waals surface area (Å²) in [4.78, 5) is 3.47. The maximum Gasteiger partial charge on any atom is 0.138 e. The first-order valence-electron chi connectivity index (χ1n) is 2.00. The Morgan fingerprint density at radius 3 is 2.67 bits per heavy atom. The predicted molar refractivity (Wildman–Crippen MR) is 19.8 cm³/mol. The lowest BCUT2D eigenvalue weighted by Crippen LogP contribution is -1.75. The third kappa shape index (κ3) is 0.484. The highest BCUT2D eigenvalue weighted by atomic mass is 15.1. The Morgan fingerprint density at radius 1 is 1.33 bits per heavy atom. The van der Waals surface area contributed by atoms with Gasteiger partial charge in [0.25, 0.3) is 0 Å². The van der Waals surface area contributed by atoms with E-state index in [-0.39, 0.29) is 6.30 Å². The zero-order valence-electron chi connectivity index (χ0n) is 4.00. The Morgan fingerprint density at radius 2 is 2.33 bits per heavy atom. The summed E-state index contributed by atoms with van der Waals surface area (Å²) in [5, 5.41) is 6.67. The smallest absolute Gasteiger partial charge is 0.138 e. The van der Waals surface area contributed by atoms with E-state index in [0.29, 0.717) is 0 Å². The van der Waals surface area contributed by atoms with Crippen molar-refractivity contribution in [3.05, 3.63) is 18.7 Å². The minimum absolute atomic E-state index is 0.0394. The largest absolute Gasteiger partial charge is 0.241 e. The fraction of sp³-hybridized carbons (Fsp3) is 0. The van der Waals surface area contributed by atoms with Crippen LogP contribution in [0.2, 0.25) is 0 Å². The van der Waals surface area contributed by atoms with Gasteiger partial charge in [-0.15, -0.1) is 5.10 Å². The van der Waals surface area contributed by atoms with E-state index in [9.17, 15) is 0 Å². The second-order valence-electron chi connectivity index (χ2n) is 0.743. The van der Waals surface area contributed by atoms with Crippen LogP contribution in [0.3, 0.4) is 0 Å². The lowest BCUT2D eigenvalue weighted by Gasteiger charge is -1.69. The Hall–Kier alpha value is -0.990. The van der Waals surface area contributed by atoms with Crippen molar-refractivity contribution in [3.8, 4) is 0 Å². The molecule has 0 aliphatic carbocycles. The highest BCUT2D eigenvalue weighted by Gasteiger charge is 1.60. The third-order valence-electron chi connectivity index (χ3n) is 0.368. The molecule has 0 saturated heterocycles. The molecule has 0 aliphatic heterocycles. The minimum Gasteiger partial charge on any atom is -0.241 e. The molecule has 0 amide bonds. The second-order valence-corrected chi connectivity index (χ2v) is 0.743. The van der Waals surface area contributed by atoms with E-state index in [1.54, 1.807) is 0 Å². The van der Waals surface area contributed by atoms with Gasteiger partial charge in [-0.1, -0.05) is 0 Å². The van der Waals surface area contributed by atoms with Crippen molar-refractivity contribution in [1.82, 2.24) is 15.2 Å². The van der Waals surface area contributed by atoms with Crippen molar-refractivity contribution >= 4 is 0 Å². The third-order valence-corrected chi connectivity index (χ3v) is 0.368. The fourth-order valence-electron chi connectivity index (χ4n) is 0.181. The maximum absolute atomic E-state index is 6.71. The molecule has 30 valence electrons. The summed E-state index contributed by atoms with van der Waals surface area (Å²) in [6.07, 6.45) is 2.82. The summed E-state index contributed by atoms with van der Waals surface area (Å²) in [5.74, 6) is 0. The van der Waals surface area contributed by atoms with Gasteiger partial charge >= 0.3 is 0 Å². The molecule has 3 nitrogen and oxygen atoms in total. The minimum atomic E-state index is -0.0394. The lowest BCUT2D eigenvalue weighted by atomic mass is 10.9. The molecule has 0 unspecified atom stereocenters. The average Bonchev–Trinajstić information content (AvgIpc) is 1.69. The van der Waals surface area contributed by atoms with Crippen LogP contribution in [0.1, 0.15) is 1.37 Å². The standard InChI is InChI=1S/C3H3N3/c1-2-5-6-3-4-1/h1-3H/i3D. The summed E-state index contributed by atoms with van der Waals surface area (Å²) in [5.41, 5.74) is 0. The average molecular weight is 82.1 g/mol. The first kappa shape index (κ1) is 2.23. The Labute approximate surface area is 36.5 Å². The van der Waals surface area contributed by atoms with Crippen LogP contribution in [0.5, 0.6) is 0 Å². The molecule has 0 fully saturated rings. The number of hydrogen-bond acceptors (Lipinski definition) is 3. The summed E-state index contributed by atoms with van der Waals surface area (Å²) < 4.78 is 6.71. The molecule has 3 heteroatoms. The van der Waals surface area contributed by atoms with Crippen LogP contribution in [-0.4, -0.2) is 15.2 Å². The van der Waals surface area contributed by atoms with Crippen molar-refractivity contribution < 1.29 is 1.37 Å². The van der Waals surface area contributed by atoms with Gasteiger partial charge in [-0.25, -0.2) is 4.98 Å². The molecule has 0 spiro atoms. The van der Waals surface area contributed by atoms with Crippen LogP contribution in [0.25, 0.3) is 0 Å². The van der Waals surface area contributed by atoms with Crippen molar-refractivity contribution in [2.75, 3.05) is 0 Å². The van der Waals surface area contributed by atoms with E-state index >= 15 is 0 Å². The van der Waals surface area contributed by atoms with Crippen LogP contribution in [0.4, 0.5) is 0 Å². The van der Waals surface area contributed by atoms with E-state index in [1.807, 2.05) is 0 Å². The highest BCUT2D eigenvalue weighted by Crippen LogP contribution is 1.59. The van der Waals surface area contributed by atoms with Crippen molar-refractivity contribution in [2.45, 2.75) is 0 Å². The number of hydrogen-bond donors (Lipinski definition) is 0. The number of aromatic nitrogens is 3. The predicted octanol–water partition coefficient (Wildman–Crippen LogP) is -0.128. The van der Waals surface area contributed by atoms with Gasteiger partial charge in [0.1, 0.15) is 7.67 Å². The van der Waals surface area contributed by atoms with E-state index < -0.39 is 0 Å². The Bertz CT molecular complexity index is 140. The topological polar surface area (TPSA) is 38.7 Å². The van der Waals surface area contributed by atoms with E-state index in [2.05, 4.69) is 15.2 Å². The fourth-order valence-corrected chi connectivity index (χ4v) is 0.181. The van der Waals surface area contributed by atoms with Crippen molar-refractivity contribution in [2.24, 2.45) is 0 Å². The summed E-state index contributed by atoms with van der Waals surface area (Å²) >= 11 is 0. The summed E-state index contributed by atoms with van der Waals surface area (Å²) in [6.45, 7) is 0. The highest BCUT2D eigenvalue weighted by molar-refractivity contribution is 4.59. The van der Waals surface area contributed by atoms with Gasteiger partial charge in [-0.2, -0.15) is 5.10 Å². The zero-order chi connectivity index (χ0) is 5.11. The first-order valence-corrected chi connectivity index (χ1v) is 1.50. The van der Waals surface area contributed by atoms with E-state index in [1.165, 1.54) is 12.4 Å². The molecule has 0 atom stereocenters. The molecular weight excluding hydrogens is 78.1 g/mol. The first-order chi connectivity index (χ1) is 3.39. The van der Waals surface area contributed by atoms with Crippen LogP contribution in [-0.2, 0) is 0 Å². The molecule has 1 rings (SSSR count). The normalized spacial score (nSPS) is 10.3. The molecule has 1 aromatic rings. The van der Waals surface area contributed by atoms with Crippen LogP contribution < -0.4 is 0 Å². The summed E-state index contributed by atoms with van der Waals surface area (Å²) in [7, 11) is 0. The molecule has 0 aliphatic rings. The molecule has 1 aromatic heterocycles. The van der Waals surface area contributed by atoms with E-state index in [4.69, 9.17) is 1.37 Å². The van der Waals surface area contributed by atoms with Gasteiger partial charge in [-0.3, -0.25) is 0 Å². The van der Waals surface area contributed by atoms with Gasteiger partial charge in [0.05, 0.1) is 6.20 Å².